The van der Waals surface area contributed by atoms with Gasteiger partial charge in [-0.1, -0.05) is 0 Å². The number of hydrogen-bond acceptors (Lipinski definition) is 3. The van der Waals surface area contributed by atoms with Gasteiger partial charge in [-0.3, -0.25) is 15.0 Å². The third-order valence-corrected chi connectivity index (χ3v) is 2.41. The molecule has 7 heteroatoms. The number of halogens is 2. The highest BCUT2D eigenvalue weighted by Gasteiger charge is 2.13. The number of carbonyl (C=O) groups excluding carboxylic acids is 2. The number of nitrogens with one attached hydrogen (secondary N) is 2. The summed E-state index contributed by atoms with van der Waals surface area (Å²) in [4.78, 5) is 21.9. The summed E-state index contributed by atoms with van der Waals surface area (Å²) in [6, 6.07) is 3.77. The SMILES string of the molecule is NNC(=O)C(=O)Nc1ccc(F)cc1I. The van der Waals surface area contributed by atoms with Crippen molar-refractivity contribution >= 4 is 40.1 Å². The highest BCUT2D eigenvalue weighted by atomic mass is 127. The van der Waals surface area contributed by atoms with Gasteiger partial charge in [0.25, 0.3) is 0 Å². The van der Waals surface area contributed by atoms with Crippen LogP contribution >= 0.6 is 22.6 Å². The maximum Gasteiger partial charge on any atom is 0.323 e. The summed E-state index contributed by atoms with van der Waals surface area (Å²) in [5.74, 6) is 2.49. The van der Waals surface area contributed by atoms with Crippen LogP contribution in [0.4, 0.5) is 10.1 Å². The second-order valence-electron chi connectivity index (χ2n) is 2.55. The van der Waals surface area contributed by atoms with Crippen molar-refractivity contribution in [1.82, 2.24) is 5.43 Å². The van der Waals surface area contributed by atoms with Gasteiger partial charge in [-0.2, -0.15) is 0 Å². The van der Waals surface area contributed by atoms with Crippen LogP contribution in [-0.4, -0.2) is 11.8 Å². The van der Waals surface area contributed by atoms with Crippen LogP contribution in [0.2, 0.25) is 0 Å². The molecule has 0 aliphatic rings. The average Bonchev–Trinajstić information content (AvgIpc) is 2.20. The predicted molar refractivity (Wildman–Crippen MR) is 60.1 cm³/mol. The minimum Gasteiger partial charge on any atom is -0.317 e. The van der Waals surface area contributed by atoms with E-state index < -0.39 is 17.6 Å². The zero-order valence-corrected chi connectivity index (χ0v) is 9.54. The Morgan fingerprint density at radius 1 is 1.33 bits per heavy atom. The van der Waals surface area contributed by atoms with E-state index in [-0.39, 0.29) is 0 Å². The fraction of sp³-hybridized carbons (Fsp3) is 0. The molecule has 5 nitrogen and oxygen atoms in total. The van der Waals surface area contributed by atoms with Crippen LogP contribution in [0.5, 0.6) is 0 Å². The quantitative estimate of drug-likeness (QED) is 0.229. The summed E-state index contributed by atoms with van der Waals surface area (Å²) in [7, 11) is 0. The van der Waals surface area contributed by atoms with Crippen LogP contribution < -0.4 is 16.6 Å². The van der Waals surface area contributed by atoms with E-state index in [4.69, 9.17) is 5.84 Å². The molecule has 0 atom stereocenters. The summed E-state index contributed by atoms with van der Waals surface area (Å²) < 4.78 is 13.2. The molecule has 0 heterocycles. The van der Waals surface area contributed by atoms with Gasteiger partial charge in [0, 0.05) is 3.57 Å². The second kappa shape index (κ2) is 5.03. The fourth-order valence-corrected chi connectivity index (χ4v) is 1.45. The molecule has 0 saturated carbocycles. The molecule has 15 heavy (non-hydrogen) atoms. The first-order chi connectivity index (χ1) is 7.04. The first-order valence-corrected chi connectivity index (χ1v) is 4.89. The van der Waals surface area contributed by atoms with E-state index in [1.165, 1.54) is 18.2 Å². The lowest BCUT2D eigenvalue weighted by molar-refractivity contribution is -0.136. The van der Waals surface area contributed by atoms with Crippen LogP contribution in [0.1, 0.15) is 0 Å². The zero-order chi connectivity index (χ0) is 11.4. The summed E-state index contributed by atoms with van der Waals surface area (Å²) in [5, 5.41) is 2.28. The van der Waals surface area contributed by atoms with E-state index in [1.807, 2.05) is 22.6 Å². The molecule has 0 unspecified atom stereocenters. The van der Waals surface area contributed by atoms with Crippen molar-refractivity contribution in [3.63, 3.8) is 0 Å². The highest BCUT2D eigenvalue weighted by Crippen LogP contribution is 2.18. The Morgan fingerprint density at radius 2 is 2.00 bits per heavy atom. The van der Waals surface area contributed by atoms with Crippen molar-refractivity contribution in [2.45, 2.75) is 0 Å². The summed E-state index contributed by atoms with van der Waals surface area (Å²) in [5.41, 5.74) is 2.04. The molecule has 4 N–H and O–H groups in total. The summed E-state index contributed by atoms with van der Waals surface area (Å²) >= 11 is 1.84. The Bertz CT molecular complexity index is 411. The van der Waals surface area contributed by atoms with Crippen molar-refractivity contribution in [3.05, 3.63) is 27.6 Å². The minimum atomic E-state index is -0.963. The van der Waals surface area contributed by atoms with Gasteiger partial charge < -0.3 is 5.32 Å². The van der Waals surface area contributed by atoms with Gasteiger partial charge in [0.2, 0.25) is 0 Å². The lowest BCUT2D eigenvalue weighted by atomic mass is 10.3. The molecule has 1 rings (SSSR count). The number of anilines is 1. The van der Waals surface area contributed by atoms with Gasteiger partial charge in [-0.25, -0.2) is 10.2 Å². The van der Waals surface area contributed by atoms with Gasteiger partial charge in [0.1, 0.15) is 5.82 Å². The number of hydrazine groups is 1. The van der Waals surface area contributed by atoms with E-state index >= 15 is 0 Å². The fourth-order valence-electron chi connectivity index (χ4n) is 0.835. The van der Waals surface area contributed by atoms with E-state index in [2.05, 4.69) is 5.32 Å². The molecule has 1 aromatic rings. The van der Waals surface area contributed by atoms with Crippen LogP contribution in [0.3, 0.4) is 0 Å². The first kappa shape index (κ1) is 11.9. The summed E-state index contributed by atoms with van der Waals surface area (Å²) in [6.45, 7) is 0. The van der Waals surface area contributed by atoms with Crippen LogP contribution in [0, 0.1) is 9.39 Å². The van der Waals surface area contributed by atoms with Gasteiger partial charge in [-0.05, 0) is 40.8 Å². The van der Waals surface area contributed by atoms with Crippen molar-refractivity contribution in [2.24, 2.45) is 5.84 Å². The van der Waals surface area contributed by atoms with Crippen molar-refractivity contribution in [1.29, 1.82) is 0 Å². The smallest absolute Gasteiger partial charge is 0.317 e. The normalized spacial score (nSPS) is 9.53. The number of rotatable bonds is 1. The third-order valence-electron chi connectivity index (χ3n) is 1.52. The Labute approximate surface area is 98.3 Å². The number of benzene rings is 1. The molecule has 0 saturated heterocycles. The lowest BCUT2D eigenvalue weighted by Crippen LogP contribution is -2.39. The van der Waals surface area contributed by atoms with Gasteiger partial charge in [0.15, 0.2) is 0 Å². The van der Waals surface area contributed by atoms with Crippen LogP contribution in [-0.2, 0) is 9.59 Å². The molecular formula is C8H7FIN3O2. The van der Waals surface area contributed by atoms with Crippen LogP contribution in [0.25, 0.3) is 0 Å². The maximum absolute atomic E-state index is 12.7. The second-order valence-corrected chi connectivity index (χ2v) is 3.71. The molecule has 2 amide bonds. The molecule has 0 spiro atoms. The van der Waals surface area contributed by atoms with Crippen molar-refractivity contribution in [3.8, 4) is 0 Å². The lowest BCUT2D eigenvalue weighted by Gasteiger charge is -2.05. The largest absolute Gasteiger partial charge is 0.323 e. The monoisotopic (exact) mass is 323 g/mol. The molecular weight excluding hydrogens is 316 g/mol. The van der Waals surface area contributed by atoms with Gasteiger partial charge in [-0.15, -0.1) is 0 Å². The number of amides is 2. The van der Waals surface area contributed by atoms with Gasteiger partial charge >= 0.3 is 11.8 Å². The van der Waals surface area contributed by atoms with Crippen molar-refractivity contribution in [2.75, 3.05) is 5.32 Å². The van der Waals surface area contributed by atoms with E-state index in [0.717, 1.165) is 0 Å². The zero-order valence-electron chi connectivity index (χ0n) is 7.38. The first-order valence-electron chi connectivity index (χ1n) is 3.81. The van der Waals surface area contributed by atoms with E-state index in [0.29, 0.717) is 9.26 Å². The van der Waals surface area contributed by atoms with E-state index in [1.54, 1.807) is 5.43 Å². The van der Waals surface area contributed by atoms with E-state index in [9.17, 15) is 14.0 Å². The molecule has 0 aliphatic carbocycles. The average molecular weight is 323 g/mol. The Morgan fingerprint density at radius 3 is 2.53 bits per heavy atom. The molecule has 1 aromatic carbocycles. The standard InChI is InChI=1S/C8H7FIN3O2/c9-4-1-2-6(5(10)3-4)12-7(14)8(15)13-11/h1-3H,11H2,(H,12,14)(H,13,15). The molecule has 0 aromatic heterocycles. The van der Waals surface area contributed by atoms with Gasteiger partial charge in [0.05, 0.1) is 5.69 Å². The van der Waals surface area contributed by atoms with Crippen molar-refractivity contribution < 1.29 is 14.0 Å². The maximum atomic E-state index is 12.7. The topological polar surface area (TPSA) is 84.2 Å². The minimum absolute atomic E-state index is 0.352. The molecule has 0 radical (unpaired) electrons. The van der Waals surface area contributed by atoms with Crippen LogP contribution in [0.15, 0.2) is 18.2 Å². The number of hydrogen-bond donors (Lipinski definition) is 3. The molecule has 80 valence electrons. The number of carbonyl (C=O) groups is 2. The predicted octanol–water partition coefficient (Wildman–Crippen LogP) is 0.359. The Kier molecular flexibility index (Phi) is 3.97. The third kappa shape index (κ3) is 3.13. The summed E-state index contributed by atoms with van der Waals surface area (Å²) in [6.07, 6.45) is 0. The molecule has 0 fully saturated rings. The molecule has 0 aliphatic heterocycles. The highest BCUT2D eigenvalue weighted by molar-refractivity contribution is 14.1. The molecule has 0 bridgehead atoms. The number of nitrogens with two attached hydrogens (primary N) is 1. The Balaban J connectivity index is 2.81. The Hall–Kier alpha value is -1.22.